The Morgan fingerprint density at radius 1 is 1.07 bits per heavy atom. The number of aromatic nitrogens is 2. The lowest BCUT2D eigenvalue weighted by atomic mass is 9.48. The van der Waals surface area contributed by atoms with Gasteiger partial charge in [-0.3, -0.25) is 15.1 Å². The zero-order valence-corrected chi connectivity index (χ0v) is 17.1. The van der Waals surface area contributed by atoms with Crippen molar-refractivity contribution in [1.29, 1.82) is 0 Å². The minimum absolute atomic E-state index is 0.0422. The Kier molecular flexibility index (Phi) is 3.90. The molecule has 4 saturated carbocycles. The van der Waals surface area contributed by atoms with Crippen molar-refractivity contribution in [2.75, 3.05) is 5.32 Å². The van der Waals surface area contributed by atoms with Gasteiger partial charge in [-0.15, -0.1) is 11.3 Å². The molecule has 4 nitrogen and oxygen atoms in total. The zero-order chi connectivity index (χ0) is 18.7. The van der Waals surface area contributed by atoms with Gasteiger partial charge in [-0.1, -0.05) is 0 Å². The first-order chi connectivity index (χ1) is 13.7. The van der Waals surface area contributed by atoms with Crippen molar-refractivity contribution in [3.8, 4) is 0 Å². The minimum atomic E-state index is -0.0422. The normalized spacial score (nSPS) is 32.9. The van der Waals surface area contributed by atoms with Crippen LogP contribution >= 0.6 is 11.3 Å². The summed E-state index contributed by atoms with van der Waals surface area (Å²) in [6.07, 6.45) is 14.5. The smallest absolute Gasteiger partial charge is 0.257 e. The second-order valence-corrected chi connectivity index (χ2v) is 10.8. The fourth-order valence-electron chi connectivity index (χ4n) is 6.86. The largest absolute Gasteiger partial charge is 0.298 e. The molecular weight excluding hydrogens is 366 g/mol. The predicted molar refractivity (Wildman–Crippen MR) is 111 cm³/mol. The van der Waals surface area contributed by atoms with Gasteiger partial charge in [0.2, 0.25) is 0 Å². The van der Waals surface area contributed by atoms with Gasteiger partial charge in [-0.2, -0.15) is 0 Å². The van der Waals surface area contributed by atoms with Gasteiger partial charge >= 0.3 is 0 Å². The lowest BCUT2D eigenvalue weighted by molar-refractivity contribution is -0.00721. The van der Waals surface area contributed by atoms with Gasteiger partial charge in [0.15, 0.2) is 5.13 Å². The van der Waals surface area contributed by atoms with E-state index in [4.69, 9.17) is 4.98 Å². The molecule has 2 aromatic heterocycles. The number of nitrogens with zero attached hydrogens (tertiary/aromatic N) is 2. The first-order valence-electron chi connectivity index (χ1n) is 10.9. The summed E-state index contributed by atoms with van der Waals surface area (Å²) in [5.74, 6) is 2.60. The maximum absolute atomic E-state index is 12.9. The average Bonchev–Trinajstić information content (AvgIpc) is 3.09. The molecule has 0 atom stereocenters. The second-order valence-electron chi connectivity index (χ2n) is 9.68. The summed E-state index contributed by atoms with van der Waals surface area (Å²) >= 11 is 1.65. The molecule has 0 aliphatic heterocycles. The van der Waals surface area contributed by atoms with Crippen LogP contribution in [0.2, 0.25) is 0 Å². The Hall–Kier alpha value is -1.75. The average molecular weight is 394 g/mol. The van der Waals surface area contributed by atoms with Gasteiger partial charge in [0.25, 0.3) is 5.91 Å². The lowest BCUT2D eigenvalue weighted by Gasteiger charge is -2.56. The Morgan fingerprint density at radius 2 is 1.79 bits per heavy atom. The number of carbonyl (C=O) groups excluding carboxylic acids is 1. The van der Waals surface area contributed by atoms with E-state index in [0.29, 0.717) is 0 Å². The van der Waals surface area contributed by atoms with Crippen LogP contribution in [-0.2, 0) is 18.3 Å². The van der Waals surface area contributed by atoms with E-state index in [1.807, 2.05) is 12.3 Å². The summed E-state index contributed by atoms with van der Waals surface area (Å²) in [7, 11) is 0. The number of carbonyl (C=O) groups is 1. The van der Waals surface area contributed by atoms with Crippen LogP contribution in [0, 0.1) is 17.8 Å². The third-order valence-electron chi connectivity index (χ3n) is 7.67. The minimum Gasteiger partial charge on any atom is -0.298 e. The summed E-state index contributed by atoms with van der Waals surface area (Å²) in [4.78, 5) is 23.7. The molecular formula is C23H27N3OS. The van der Waals surface area contributed by atoms with Crippen molar-refractivity contribution < 1.29 is 4.79 Å². The van der Waals surface area contributed by atoms with Crippen molar-refractivity contribution in [3.05, 3.63) is 40.2 Å². The van der Waals surface area contributed by atoms with Crippen LogP contribution < -0.4 is 5.32 Å². The van der Waals surface area contributed by atoms with Crippen LogP contribution in [0.4, 0.5) is 5.13 Å². The molecule has 146 valence electrons. The molecule has 28 heavy (non-hydrogen) atoms. The molecule has 7 rings (SSSR count). The highest BCUT2D eigenvalue weighted by Gasteiger charge is 2.52. The van der Waals surface area contributed by atoms with E-state index in [0.717, 1.165) is 47.0 Å². The fourth-order valence-corrected chi connectivity index (χ4v) is 7.91. The Labute approximate surface area is 170 Å². The lowest BCUT2D eigenvalue weighted by Crippen LogP contribution is -2.49. The van der Waals surface area contributed by atoms with Crippen LogP contribution in [0.25, 0.3) is 0 Å². The van der Waals surface area contributed by atoms with Crippen molar-refractivity contribution >= 4 is 22.4 Å². The molecule has 1 N–H and O–H groups in total. The topological polar surface area (TPSA) is 54.9 Å². The molecule has 5 aliphatic carbocycles. The number of aryl methyl sites for hydroxylation is 2. The maximum atomic E-state index is 12.9. The molecule has 5 heteroatoms. The molecule has 0 aromatic carbocycles. The molecule has 1 amide bonds. The monoisotopic (exact) mass is 393 g/mol. The molecule has 2 aromatic rings. The second kappa shape index (κ2) is 6.38. The van der Waals surface area contributed by atoms with Crippen LogP contribution in [0.15, 0.2) is 18.3 Å². The molecule has 2 heterocycles. The summed E-state index contributed by atoms with van der Waals surface area (Å²) in [5.41, 5.74) is 3.31. The van der Waals surface area contributed by atoms with Crippen LogP contribution in [0.5, 0.6) is 0 Å². The molecule has 0 spiro atoms. The van der Waals surface area contributed by atoms with E-state index in [1.165, 1.54) is 61.9 Å². The number of anilines is 1. The summed E-state index contributed by atoms with van der Waals surface area (Å²) in [5, 5.41) is 3.81. The predicted octanol–water partition coefficient (Wildman–Crippen LogP) is 5.14. The van der Waals surface area contributed by atoms with E-state index in [-0.39, 0.29) is 11.3 Å². The highest BCUT2D eigenvalue weighted by atomic mass is 32.1. The zero-order valence-electron chi connectivity index (χ0n) is 16.2. The third kappa shape index (κ3) is 2.81. The van der Waals surface area contributed by atoms with E-state index >= 15 is 0 Å². The van der Waals surface area contributed by atoms with Gasteiger partial charge < -0.3 is 0 Å². The first kappa shape index (κ1) is 17.1. The standard InChI is InChI=1S/C23H27N3OS/c27-21(26-22-25-18-3-1-2-4-19(18)28-22)17-5-6-24-20(10-17)23-11-14-7-15(12-23)9-16(8-14)13-23/h5-6,10,14-16H,1-4,7-9,11-13H2,(H,25,26,27). The highest BCUT2D eigenvalue weighted by molar-refractivity contribution is 7.15. The summed E-state index contributed by atoms with van der Waals surface area (Å²) in [6, 6.07) is 3.93. The molecule has 0 radical (unpaired) electrons. The Balaban J connectivity index is 1.25. The van der Waals surface area contributed by atoms with Crippen molar-refractivity contribution in [2.45, 2.75) is 69.6 Å². The van der Waals surface area contributed by atoms with Crippen molar-refractivity contribution in [2.24, 2.45) is 17.8 Å². The molecule has 5 aliphatic rings. The number of amides is 1. The number of hydrogen-bond acceptors (Lipinski definition) is 4. The number of nitrogens with one attached hydrogen (secondary N) is 1. The van der Waals surface area contributed by atoms with Crippen molar-refractivity contribution in [3.63, 3.8) is 0 Å². The number of fused-ring (bicyclic) bond motifs is 1. The van der Waals surface area contributed by atoms with E-state index in [2.05, 4.69) is 16.4 Å². The third-order valence-corrected chi connectivity index (χ3v) is 8.74. The molecule has 0 unspecified atom stereocenters. The Morgan fingerprint density at radius 3 is 2.50 bits per heavy atom. The summed E-state index contributed by atoms with van der Waals surface area (Å²) in [6.45, 7) is 0. The van der Waals surface area contributed by atoms with Gasteiger partial charge in [0, 0.05) is 27.7 Å². The number of rotatable bonds is 3. The van der Waals surface area contributed by atoms with E-state index < -0.39 is 0 Å². The van der Waals surface area contributed by atoms with Crippen LogP contribution in [0.3, 0.4) is 0 Å². The molecule has 4 bridgehead atoms. The van der Waals surface area contributed by atoms with E-state index in [1.54, 1.807) is 11.3 Å². The van der Waals surface area contributed by atoms with Crippen LogP contribution in [-0.4, -0.2) is 15.9 Å². The fraction of sp³-hybridized carbons (Fsp3) is 0.609. The van der Waals surface area contributed by atoms with Crippen LogP contribution in [0.1, 0.15) is 78.0 Å². The summed E-state index contributed by atoms with van der Waals surface area (Å²) < 4.78 is 0. The Bertz CT molecular complexity index is 875. The molecule has 0 saturated heterocycles. The molecule has 4 fully saturated rings. The SMILES string of the molecule is O=C(Nc1nc2c(s1)CCCC2)c1ccnc(C23CC4CC(CC(C4)C2)C3)c1. The number of pyridine rings is 1. The van der Waals surface area contributed by atoms with Gasteiger partial charge in [-0.25, -0.2) is 4.98 Å². The number of thiazole rings is 1. The van der Waals surface area contributed by atoms with Gasteiger partial charge in [-0.05, 0) is 94.1 Å². The van der Waals surface area contributed by atoms with Gasteiger partial charge in [0.1, 0.15) is 0 Å². The number of hydrogen-bond donors (Lipinski definition) is 1. The quantitative estimate of drug-likeness (QED) is 0.786. The first-order valence-corrected chi connectivity index (χ1v) is 11.7. The van der Waals surface area contributed by atoms with E-state index in [9.17, 15) is 4.79 Å². The highest BCUT2D eigenvalue weighted by Crippen LogP contribution is 2.60. The van der Waals surface area contributed by atoms with Gasteiger partial charge in [0.05, 0.1) is 5.69 Å². The maximum Gasteiger partial charge on any atom is 0.257 e. The van der Waals surface area contributed by atoms with Crippen molar-refractivity contribution in [1.82, 2.24) is 9.97 Å².